The average molecular weight is 305 g/mol. The van der Waals surface area contributed by atoms with Crippen LogP contribution in [0.15, 0.2) is 18.2 Å². The predicted molar refractivity (Wildman–Crippen MR) is 83.0 cm³/mol. The quantitative estimate of drug-likeness (QED) is 0.659. The molecule has 1 N–H and O–H groups in total. The van der Waals surface area contributed by atoms with E-state index in [4.69, 9.17) is 0 Å². The molecule has 0 aliphatic heterocycles. The molecular weight excluding hydrogens is 286 g/mol. The van der Waals surface area contributed by atoms with Crippen LogP contribution in [-0.2, 0) is 6.54 Å². The van der Waals surface area contributed by atoms with Crippen molar-refractivity contribution in [2.24, 2.45) is 0 Å². The summed E-state index contributed by atoms with van der Waals surface area (Å²) >= 11 is 1.23. The van der Waals surface area contributed by atoms with E-state index in [0.29, 0.717) is 16.3 Å². The minimum atomic E-state index is -0.124. The van der Waals surface area contributed by atoms with Gasteiger partial charge in [0.2, 0.25) is 0 Å². The standard InChI is InChI=1S/C15H19N3O2S/c1-10-9-11(2)18(17-10)8-4-7-16-15(20)14-6-5-13(21-14)12(3)19/h5-6,9H,4,7-8H2,1-3H3,(H,16,20). The second-order valence-electron chi connectivity index (χ2n) is 4.98. The van der Waals surface area contributed by atoms with Gasteiger partial charge >= 0.3 is 0 Å². The second kappa shape index (κ2) is 6.67. The van der Waals surface area contributed by atoms with Gasteiger partial charge in [-0.15, -0.1) is 11.3 Å². The van der Waals surface area contributed by atoms with Gasteiger partial charge in [0, 0.05) is 18.8 Å². The van der Waals surface area contributed by atoms with Gasteiger partial charge in [0.1, 0.15) is 0 Å². The first-order valence-electron chi connectivity index (χ1n) is 6.87. The van der Waals surface area contributed by atoms with Crippen molar-refractivity contribution in [1.29, 1.82) is 0 Å². The Morgan fingerprint density at radius 1 is 1.29 bits per heavy atom. The van der Waals surface area contributed by atoms with Crippen molar-refractivity contribution in [3.8, 4) is 0 Å². The molecule has 2 aromatic heterocycles. The maximum absolute atomic E-state index is 11.9. The Morgan fingerprint density at radius 2 is 2.00 bits per heavy atom. The fourth-order valence-electron chi connectivity index (χ4n) is 2.07. The van der Waals surface area contributed by atoms with Gasteiger partial charge in [0.25, 0.3) is 5.91 Å². The van der Waals surface area contributed by atoms with Crippen molar-refractivity contribution in [3.63, 3.8) is 0 Å². The molecule has 0 unspecified atom stereocenters. The van der Waals surface area contributed by atoms with E-state index >= 15 is 0 Å². The third-order valence-electron chi connectivity index (χ3n) is 3.11. The Hall–Kier alpha value is -1.95. The molecule has 2 heterocycles. The van der Waals surface area contributed by atoms with Crippen LogP contribution >= 0.6 is 11.3 Å². The zero-order chi connectivity index (χ0) is 15.4. The minimum absolute atomic E-state index is 0.0106. The van der Waals surface area contributed by atoms with E-state index in [1.807, 2.05) is 24.6 Å². The maximum atomic E-state index is 11.9. The number of carbonyl (C=O) groups excluding carboxylic acids is 2. The smallest absolute Gasteiger partial charge is 0.261 e. The second-order valence-corrected chi connectivity index (χ2v) is 6.06. The molecule has 5 nitrogen and oxygen atoms in total. The van der Waals surface area contributed by atoms with Crippen LogP contribution in [0.3, 0.4) is 0 Å². The van der Waals surface area contributed by atoms with E-state index in [1.165, 1.54) is 18.3 Å². The van der Waals surface area contributed by atoms with Gasteiger partial charge in [-0.1, -0.05) is 0 Å². The zero-order valence-corrected chi connectivity index (χ0v) is 13.3. The van der Waals surface area contributed by atoms with Crippen LogP contribution in [0.4, 0.5) is 0 Å². The summed E-state index contributed by atoms with van der Waals surface area (Å²) in [6.07, 6.45) is 0.818. The first kappa shape index (κ1) is 15.4. The monoisotopic (exact) mass is 305 g/mol. The van der Waals surface area contributed by atoms with Crippen LogP contribution in [0, 0.1) is 13.8 Å². The molecule has 0 radical (unpaired) electrons. The lowest BCUT2D eigenvalue weighted by molar-refractivity contribution is 0.0956. The van der Waals surface area contributed by atoms with E-state index in [-0.39, 0.29) is 11.7 Å². The molecule has 0 aliphatic rings. The summed E-state index contributed by atoms with van der Waals surface area (Å²) in [4.78, 5) is 24.3. The summed E-state index contributed by atoms with van der Waals surface area (Å²) in [6, 6.07) is 5.42. The van der Waals surface area contributed by atoms with Crippen molar-refractivity contribution >= 4 is 23.0 Å². The first-order chi connectivity index (χ1) is 9.97. The third kappa shape index (κ3) is 4.01. The molecule has 0 fully saturated rings. The zero-order valence-electron chi connectivity index (χ0n) is 12.5. The number of aromatic nitrogens is 2. The Kier molecular flexibility index (Phi) is 4.90. The lowest BCUT2D eigenvalue weighted by Crippen LogP contribution is -2.24. The number of carbonyl (C=O) groups is 2. The summed E-state index contributed by atoms with van der Waals surface area (Å²) in [7, 11) is 0. The lowest BCUT2D eigenvalue weighted by atomic mass is 10.3. The highest BCUT2D eigenvalue weighted by atomic mass is 32.1. The molecule has 0 bridgehead atoms. The summed E-state index contributed by atoms with van der Waals surface area (Å²) in [5.74, 6) is -0.135. The molecule has 0 atom stereocenters. The number of ketones is 1. The Morgan fingerprint density at radius 3 is 2.57 bits per heavy atom. The number of hydrogen-bond acceptors (Lipinski definition) is 4. The molecule has 0 aliphatic carbocycles. The van der Waals surface area contributed by atoms with Gasteiger partial charge in [-0.25, -0.2) is 0 Å². The van der Waals surface area contributed by atoms with Crippen molar-refractivity contribution in [3.05, 3.63) is 39.3 Å². The van der Waals surface area contributed by atoms with Crippen LogP contribution in [0.1, 0.15) is 44.1 Å². The molecule has 2 aromatic rings. The molecule has 2 rings (SSSR count). The van der Waals surface area contributed by atoms with E-state index in [2.05, 4.69) is 10.4 Å². The van der Waals surface area contributed by atoms with Crippen LogP contribution in [0.2, 0.25) is 0 Å². The van der Waals surface area contributed by atoms with Gasteiger partial charge in [0.05, 0.1) is 15.4 Å². The first-order valence-corrected chi connectivity index (χ1v) is 7.69. The fourth-order valence-corrected chi connectivity index (χ4v) is 2.89. The van der Waals surface area contributed by atoms with Gasteiger partial charge in [-0.05, 0) is 45.4 Å². The summed E-state index contributed by atoms with van der Waals surface area (Å²) in [6.45, 7) is 6.86. The van der Waals surface area contributed by atoms with E-state index in [1.54, 1.807) is 12.1 Å². The van der Waals surface area contributed by atoms with E-state index in [0.717, 1.165) is 24.4 Å². The van der Waals surface area contributed by atoms with Crippen LogP contribution in [-0.4, -0.2) is 28.0 Å². The third-order valence-corrected chi connectivity index (χ3v) is 4.30. The molecule has 0 saturated heterocycles. The number of thiophene rings is 1. The Bertz CT molecular complexity index is 658. The minimum Gasteiger partial charge on any atom is -0.351 e. The summed E-state index contributed by atoms with van der Waals surface area (Å²) < 4.78 is 1.94. The largest absolute Gasteiger partial charge is 0.351 e. The molecule has 0 aromatic carbocycles. The van der Waals surface area contributed by atoms with Gasteiger partial charge in [-0.3, -0.25) is 14.3 Å². The number of Topliss-reactive ketones (excluding diaryl/α,β-unsaturated/α-hetero) is 1. The topological polar surface area (TPSA) is 64.0 Å². The molecule has 0 saturated carbocycles. The molecule has 6 heteroatoms. The lowest BCUT2D eigenvalue weighted by Gasteiger charge is -2.05. The number of amides is 1. The number of nitrogens with one attached hydrogen (secondary N) is 1. The molecule has 21 heavy (non-hydrogen) atoms. The molecule has 0 spiro atoms. The van der Waals surface area contributed by atoms with Crippen molar-refractivity contribution in [1.82, 2.24) is 15.1 Å². The number of hydrogen-bond donors (Lipinski definition) is 1. The number of nitrogens with zero attached hydrogens (tertiary/aromatic N) is 2. The van der Waals surface area contributed by atoms with Crippen LogP contribution in [0.5, 0.6) is 0 Å². The normalized spacial score (nSPS) is 10.6. The van der Waals surface area contributed by atoms with Gasteiger partial charge in [0.15, 0.2) is 5.78 Å². The van der Waals surface area contributed by atoms with Crippen molar-refractivity contribution in [2.45, 2.75) is 33.7 Å². The summed E-state index contributed by atoms with van der Waals surface area (Å²) in [5, 5.41) is 7.24. The summed E-state index contributed by atoms with van der Waals surface area (Å²) in [5.41, 5.74) is 2.13. The van der Waals surface area contributed by atoms with E-state index in [9.17, 15) is 9.59 Å². The average Bonchev–Trinajstić information content (AvgIpc) is 3.02. The van der Waals surface area contributed by atoms with Crippen LogP contribution in [0.25, 0.3) is 0 Å². The molecule has 112 valence electrons. The van der Waals surface area contributed by atoms with E-state index < -0.39 is 0 Å². The van der Waals surface area contributed by atoms with Crippen molar-refractivity contribution < 1.29 is 9.59 Å². The highest BCUT2D eigenvalue weighted by molar-refractivity contribution is 7.15. The Balaban J connectivity index is 1.79. The number of aryl methyl sites for hydroxylation is 3. The fraction of sp³-hybridized carbons (Fsp3) is 0.400. The Labute approximate surface area is 128 Å². The highest BCUT2D eigenvalue weighted by Gasteiger charge is 2.10. The molecule has 1 amide bonds. The van der Waals surface area contributed by atoms with Crippen LogP contribution < -0.4 is 5.32 Å². The maximum Gasteiger partial charge on any atom is 0.261 e. The van der Waals surface area contributed by atoms with Crippen molar-refractivity contribution in [2.75, 3.05) is 6.54 Å². The SMILES string of the molecule is CC(=O)c1ccc(C(=O)NCCCn2nc(C)cc2C)s1. The highest BCUT2D eigenvalue weighted by Crippen LogP contribution is 2.16. The number of rotatable bonds is 6. The predicted octanol–water partition coefficient (Wildman–Crippen LogP) is 2.58. The molecular formula is C15H19N3O2S. The van der Waals surface area contributed by atoms with Gasteiger partial charge in [-0.2, -0.15) is 5.10 Å². The van der Waals surface area contributed by atoms with Gasteiger partial charge < -0.3 is 5.32 Å².